The van der Waals surface area contributed by atoms with Crippen molar-refractivity contribution < 1.29 is 4.79 Å². The molecule has 1 atom stereocenters. The summed E-state index contributed by atoms with van der Waals surface area (Å²) in [7, 11) is 0. The predicted octanol–water partition coefficient (Wildman–Crippen LogP) is 2.55. The highest BCUT2D eigenvalue weighted by atomic mass is 16.1. The largest absolute Gasteiger partial charge is 0.357 e. The standard InChI is InChI=1S/C21H31N5O/c1-2-25-11-3-4-19(25)16-24-21(27)8-6-17-9-12-26(13-10-17)20-7-5-18(14-22)15-23-20/h5,7,15,17,19H,2-4,6,8-13,16H2,1H3,(H,24,27)/t19-/m0/s1. The van der Waals surface area contributed by atoms with Gasteiger partial charge in [0.2, 0.25) is 5.91 Å². The quantitative estimate of drug-likeness (QED) is 0.800. The third-order valence-electron chi connectivity index (χ3n) is 6.04. The minimum absolute atomic E-state index is 0.203. The molecule has 0 spiro atoms. The number of piperidine rings is 1. The maximum atomic E-state index is 12.2. The van der Waals surface area contributed by atoms with Crippen molar-refractivity contribution in [3.8, 4) is 6.07 Å². The molecule has 2 saturated heterocycles. The predicted molar refractivity (Wildman–Crippen MR) is 106 cm³/mol. The number of pyridine rings is 1. The van der Waals surface area contributed by atoms with E-state index in [1.54, 1.807) is 6.20 Å². The summed E-state index contributed by atoms with van der Waals surface area (Å²) in [5, 5.41) is 12.0. The van der Waals surface area contributed by atoms with Gasteiger partial charge in [-0.1, -0.05) is 6.92 Å². The second-order valence-electron chi connectivity index (χ2n) is 7.71. The van der Waals surface area contributed by atoms with Crippen molar-refractivity contribution in [1.82, 2.24) is 15.2 Å². The second kappa shape index (κ2) is 9.70. The number of carbonyl (C=O) groups is 1. The molecule has 0 aliphatic carbocycles. The topological polar surface area (TPSA) is 72.3 Å². The number of aromatic nitrogens is 1. The SMILES string of the molecule is CCN1CCC[C@H]1CNC(=O)CCC1CCN(c2ccc(C#N)cn2)CC1. The Morgan fingerprint density at radius 2 is 2.11 bits per heavy atom. The first-order chi connectivity index (χ1) is 13.2. The summed E-state index contributed by atoms with van der Waals surface area (Å²) in [5.41, 5.74) is 0.597. The Hall–Kier alpha value is -2.13. The number of nitrogens with zero attached hydrogens (tertiary/aromatic N) is 4. The van der Waals surface area contributed by atoms with Crippen molar-refractivity contribution in [1.29, 1.82) is 5.26 Å². The summed E-state index contributed by atoms with van der Waals surface area (Å²) in [5.74, 6) is 1.76. The minimum atomic E-state index is 0.203. The normalized spacial score (nSPS) is 21.2. The van der Waals surface area contributed by atoms with Crippen LogP contribution in [0.25, 0.3) is 0 Å². The first kappa shape index (κ1) is 19.6. The van der Waals surface area contributed by atoms with Gasteiger partial charge in [-0.15, -0.1) is 0 Å². The number of carbonyl (C=O) groups excluding carboxylic acids is 1. The van der Waals surface area contributed by atoms with Gasteiger partial charge in [0, 0.05) is 38.3 Å². The zero-order chi connectivity index (χ0) is 19.1. The first-order valence-corrected chi connectivity index (χ1v) is 10.3. The Morgan fingerprint density at radius 1 is 1.30 bits per heavy atom. The molecule has 1 N–H and O–H groups in total. The number of hydrogen-bond donors (Lipinski definition) is 1. The number of nitrogens with one attached hydrogen (secondary N) is 1. The summed E-state index contributed by atoms with van der Waals surface area (Å²) < 4.78 is 0. The van der Waals surface area contributed by atoms with Crippen LogP contribution in [0.4, 0.5) is 5.82 Å². The fourth-order valence-electron chi connectivity index (χ4n) is 4.29. The number of amides is 1. The molecule has 3 rings (SSSR count). The number of rotatable bonds is 7. The van der Waals surface area contributed by atoms with Gasteiger partial charge in [0.1, 0.15) is 11.9 Å². The van der Waals surface area contributed by atoms with E-state index in [1.807, 2.05) is 12.1 Å². The smallest absolute Gasteiger partial charge is 0.220 e. The highest BCUT2D eigenvalue weighted by Crippen LogP contribution is 2.25. The number of hydrogen-bond acceptors (Lipinski definition) is 5. The number of likely N-dealkylation sites (N-methyl/N-ethyl adjacent to an activating group) is 1. The van der Waals surface area contributed by atoms with Crippen LogP contribution in [0.2, 0.25) is 0 Å². The summed E-state index contributed by atoms with van der Waals surface area (Å²) in [6.45, 7) is 7.18. The van der Waals surface area contributed by atoms with E-state index in [4.69, 9.17) is 5.26 Å². The summed E-state index contributed by atoms with van der Waals surface area (Å²) in [4.78, 5) is 21.3. The van der Waals surface area contributed by atoms with Gasteiger partial charge in [0.05, 0.1) is 5.56 Å². The van der Waals surface area contributed by atoms with E-state index in [2.05, 4.69) is 33.1 Å². The number of anilines is 1. The van der Waals surface area contributed by atoms with Crippen molar-refractivity contribution in [2.24, 2.45) is 5.92 Å². The molecule has 0 bridgehead atoms. The summed E-state index contributed by atoms with van der Waals surface area (Å²) in [6, 6.07) is 6.38. The van der Waals surface area contributed by atoms with Crippen LogP contribution < -0.4 is 10.2 Å². The van der Waals surface area contributed by atoms with Crippen LogP contribution in [0.15, 0.2) is 18.3 Å². The number of nitriles is 1. The van der Waals surface area contributed by atoms with E-state index in [1.165, 1.54) is 19.4 Å². The fourth-order valence-corrected chi connectivity index (χ4v) is 4.29. The molecule has 2 fully saturated rings. The van der Waals surface area contributed by atoms with Crippen LogP contribution >= 0.6 is 0 Å². The Labute approximate surface area is 162 Å². The Bertz CT molecular complexity index is 646. The van der Waals surface area contributed by atoms with Gasteiger partial charge in [-0.05, 0) is 63.2 Å². The van der Waals surface area contributed by atoms with Gasteiger partial charge in [0.25, 0.3) is 0 Å². The third kappa shape index (κ3) is 5.43. The number of likely N-dealkylation sites (tertiary alicyclic amines) is 1. The lowest BCUT2D eigenvalue weighted by Gasteiger charge is -2.32. The molecule has 6 heteroatoms. The molecule has 0 radical (unpaired) electrons. The van der Waals surface area contributed by atoms with Crippen molar-refractivity contribution in [3.63, 3.8) is 0 Å². The highest BCUT2D eigenvalue weighted by molar-refractivity contribution is 5.75. The van der Waals surface area contributed by atoms with E-state index in [0.29, 0.717) is 23.9 Å². The molecule has 1 aromatic rings. The molecule has 27 heavy (non-hydrogen) atoms. The highest BCUT2D eigenvalue weighted by Gasteiger charge is 2.24. The van der Waals surface area contributed by atoms with E-state index in [0.717, 1.165) is 51.3 Å². The van der Waals surface area contributed by atoms with E-state index in [9.17, 15) is 4.79 Å². The maximum Gasteiger partial charge on any atom is 0.220 e. The molecule has 146 valence electrons. The lowest BCUT2D eigenvalue weighted by molar-refractivity contribution is -0.121. The van der Waals surface area contributed by atoms with Gasteiger partial charge in [-0.3, -0.25) is 9.69 Å². The molecule has 2 aliphatic heterocycles. The summed E-state index contributed by atoms with van der Waals surface area (Å²) in [6.07, 6.45) is 7.90. The first-order valence-electron chi connectivity index (χ1n) is 10.3. The van der Waals surface area contributed by atoms with Crippen LogP contribution in [0.1, 0.15) is 51.0 Å². The van der Waals surface area contributed by atoms with Crippen LogP contribution in [-0.4, -0.2) is 54.6 Å². The molecule has 6 nitrogen and oxygen atoms in total. The Morgan fingerprint density at radius 3 is 2.78 bits per heavy atom. The van der Waals surface area contributed by atoms with Gasteiger partial charge in [-0.25, -0.2) is 4.98 Å². The molecule has 2 aliphatic rings. The minimum Gasteiger partial charge on any atom is -0.357 e. The molecule has 0 unspecified atom stereocenters. The fraction of sp³-hybridized carbons (Fsp3) is 0.667. The van der Waals surface area contributed by atoms with E-state index < -0.39 is 0 Å². The summed E-state index contributed by atoms with van der Waals surface area (Å²) >= 11 is 0. The molecular formula is C21H31N5O. The molecular weight excluding hydrogens is 338 g/mol. The average Bonchev–Trinajstić information content (AvgIpc) is 3.19. The van der Waals surface area contributed by atoms with Crippen LogP contribution in [0.3, 0.4) is 0 Å². The van der Waals surface area contributed by atoms with Crippen molar-refractivity contribution in [2.45, 2.75) is 51.5 Å². The van der Waals surface area contributed by atoms with E-state index >= 15 is 0 Å². The van der Waals surface area contributed by atoms with Gasteiger partial charge < -0.3 is 10.2 Å². The molecule has 0 aromatic carbocycles. The molecule has 3 heterocycles. The van der Waals surface area contributed by atoms with Crippen molar-refractivity contribution in [2.75, 3.05) is 37.6 Å². The monoisotopic (exact) mass is 369 g/mol. The average molecular weight is 370 g/mol. The zero-order valence-corrected chi connectivity index (χ0v) is 16.4. The molecule has 0 saturated carbocycles. The maximum absolute atomic E-state index is 12.2. The lowest BCUT2D eigenvalue weighted by Crippen LogP contribution is -2.40. The van der Waals surface area contributed by atoms with Crippen LogP contribution in [0.5, 0.6) is 0 Å². The van der Waals surface area contributed by atoms with Gasteiger partial charge in [0.15, 0.2) is 0 Å². The Balaban J connectivity index is 1.34. The van der Waals surface area contributed by atoms with E-state index in [-0.39, 0.29) is 5.91 Å². The molecule has 1 amide bonds. The molecule has 1 aromatic heterocycles. The van der Waals surface area contributed by atoms with Gasteiger partial charge in [-0.2, -0.15) is 5.26 Å². The lowest BCUT2D eigenvalue weighted by atomic mass is 9.92. The van der Waals surface area contributed by atoms with Crippen LogP contribution in [0, 0.1) is 17.2 Å². The van der Waals surface area contributed by atoms with Crippen molar-refractivity contribution in [3.05, 3.63) is 23.9 Å². The Kier molecular flexibility index (Phi) is 7.05. The van der Waals surface area contributed by atoms with Crippen LogP contribution in [-0.2, 0) is 4.79 Å². The van der Waals surface area contributed by atoms with Crippen molar-refractivity contribution >= 4 is 11.7 Å². The third-order valence-corrected chi connectivity index (χ3v) is 6.04. The zero-order valence-electron chi connectivity index (χ0n) is 16.4. The van der Waals surface area contributed by atoms with Gasteiger partial charge >= 0.3 is 0 Å². The second-order valence-corrected chi connectivity index (χ2v) is 7.71.